The zero-order valence-corrected chi connectivity index (χ0v) is 12.8. The summed E-state index contributed by atoms with van der Waals surface area (Å²) in [6.45, 7) is -0.311. The molecule has 0 aliphatic rings. The molecule has 24 heavy (non-hydrogen) atoms. The Morgan fingerprint density at radius 2 is 1.79 bits per heavy atom. The third-order valence-corrected chi connectivity index (χ3v) is 3.58. The molecular formula is C16H12ClF4NO2. The van der Waals surface area contributed by atoms with Gasteiger partial charge in [-0.1, -0.05) is 29.8 Å². The van der Waals surface area contributed by atoms with E-state index in [1.54, 1.807) is 0 Å². The number of nitrogens with one attached hydrogen (secondary N) is 1. The molecule has 2 aromatic carbocycles. The van der Waals surface area contributed by atoms with Crippen LogP contribution < -0.4 is 5.32 Å². The fourth-order valence-electron chi connectivity index (χ4n) is 2.00. The molecule has 3 nitrogen and oxygen atoms in total. The van der Waals surface area contributed by atoms with Gasteiger partial charge in [0.2, 0.25) is 0 Å². The second-order valence-corrected chi connectivity index (χ2v) is 5.35. The molecule has 0 fully saturated rings. The summed E-state index contributed by atoms with van der Waals surface area (Å²) in [6, 6.07) is 7.61. The van der Waals surface area contributed by atoms with Crippen molar-refractivity contribution < 1.29 is 27.5 Å². The van der Waals surface area contributed by atoms with E-state index < -0.39 is 29.6 Å². The SMILES string of the molecule is O=C(NC[C@@H](O)c1ccc(C(F)(F)F)cc1)c1c(F)cccc1Cl. The number of carbonyl (C=O) groups is 1. The van der Waals surface area contributed by atoms with Gasteiger partial charge in [-0.15, -0.1) is 0 Å². The van der Waals surface area contributed by atoms with Crippen LogP contribution in [-0.4, -0.2) is 17.6 Å². The number of halogens is 5. The maximum absolute atomic E-state index is 13.6. The molecule has 0 saturated carbocycles. The maximum atomic E-state index is 13.6. The normalized spacial score (nSPS) is 12.8. The van der Waals surface area contributed by atoms with Gasteiger partial charge in [0.1, 0.15) is 5.82 Å². The third-order valence-electron chi connectivity index (χ3n) is 3.27. The first kappa shape index (κ1) is 18.2. The Morgan fingerprint density at radius 1 is 1.17 bits per heavy atom. The number of rotatable bonds is 4. The summed E-state index contributed by atoms with van der Waals surface area (Å²) in [5, 5.41) is 12.1. The van der Waals surface area contributed by atoms with Crippen LogP contribution in [0.2, 0.25) is 5.02 Å². The van der Waals surface area contributed by atoms with Crippen molar-refractivity contribution in [3.8, 4) is 0 Å². The lowest BCUT2D eigenvalue weighted by molar-refractivity contribution is -0.137. The van der Waals surface area contributed by atoms with E-state index in [9.17, 15) is 27.5 Å². The molecule has 128 valence electrons. The zero-order valence-electron chi connectivity index (χ0n) is 12.1. The van der Waals surface area contributed by atoms with Crippen molar-refractivity contribution in [2.45, 2.75) is 12.3 Å². The van der Waals surface area contributed by atoms with Gasteiger partial charge in [0.25, 0.3) is 5.91 Å². The predicted octanol–water partition coefficient (Wildman–Crippen LogP) is 3.96. The van der Waals surface area contributed by atoms with E-state index in [0.29, 0.717) is 0 Å². The molecule has 2 N–H and O–H groups in total. The number of amides is 1. The predicted molar refractivity (Wildman–Crippen MR) is 80.1 cm³/mol. The van der Waals surface area contributed by atoms with Crippen LogP contribution in [-0.2, 0) is 6.18 Å². The van der Waals surface area contributed by atoms with Gasteiger partial charge in [0.15, 0.2) is 0 Å². The number of aliphatic hydroxyl groups excluding tert-OH is 1. The zero-order chi connectivity index (χ0) is 17.9. The smallest absolute Gasteiger partial charge is 0.387 e. The largest absolute Gasteiger partial charge is 0.416 e. The summed E-state index contributed by atoms with van der Waals surface area (Å²) >= 11 is 5.75. The minimum absolute atomic E-state index is 0.0866. The molecule has 0 radical (unpaired) electrons. The molecule has 0 saturated heterocycles. The van der Waals surface area contributed by atoms with Crippen molar-refractivity contribution >= 4 is 17.5 Å². The fraction of sp³-hybridized carbons (Fsp3) is 0.188. The van der Waals surface area contributed by atoms with Crippen molar-refractivity contribution in [2.24, 2.45) is 0 Å². The molecule has 0 heterocycles. The highest BCUT2D eigenvalue weighted by molar-refractivity contribution is 6.33. The standard InChI is InChI=1S/C16H12ClF4NO2/c17-11-2-1-3-12(18)14(11)15(24)22-8-13(23)9-4-6-10(7-5-9)16(19,20)21/h1-7,13,23H,8H2,(H,22,24)/t13-/m1/s1. The van der Waals surface area contributed by atoms with E-state index in [4.69, 9.17) is 11.6 Å². The molecular weight excluding hydrogens is 350 g/mol. The highest BCUT2D eigenvalue weighted by Gasteiger charge is 2.30. The van der Waals surface area contributed by atoms with Crippen LogP contribution in [0.15, 0.2) is 42.5 Å². The minimum atomic E-state index is -4.47. The first-order valence-electron chi connectivity index (χ1n) is 6.77. The van der Waals surface area contributed by atoms with Gasteiger partial charge in [-0.25, -0.2) is 4.39 Å². The van der Waals surface area contributed by atoms with Crippen LogP contribution >= 0.6 is 11.6 Å². The Hall–Kier alpha value is -2.12. The molecule has 2 aromatic rings. The molecule has 0 aliphatic carbocycles. The fourth-order valence-corrected chi connectivity index (χ4v) is 2.25. The molecule has 0 bridgehead atoms. The summed E-state index contributed by atoms with van der Waals surface area (Å²) in [6.07, 6.45) is -5.72. The second kappa shape index (κ2) is 7.19. The molecule has 2 rings (SSSR count). The van der Waals surface area contributed by atoms with Gasteiger partial charge in [-0.05, 0) is 29.8 Å². The summed E-state index contributed by atoms with van der Waals surface area (Å²) in [4.78, 5) is 11.9. The van der Waals surface area contributed by atoms with Crippen molar-refractivity contribution in [1.29, 1.82) is 0 Å². The summed E-state index contributed by atoms with van der Waals surface area (Å²) in [7, 11) is 0. The van der Waals surface area contributed by atoms with Crippen LogP contribution in [0.4, 0.5) is 17.6 Å². The first-order chi connectivity index (χ1) is 11.2. The van der Waals surface area contributed by atoms with Crippen LogP contribution in [0.25, 0.3) is 0 Å². The molecule has 1 atom stereocenters. The highest BCUT2D eigenvalue weighted by Crippen LogP contribution is 2.29. The Kier molecular flexibility index (Phi) is 5.46. The second-order valence-electron chi connectivity index (χ2n) is 4.94. The lowest BCUT2D eigenvalue weighted by Crippen LogP contribution is -2.29. The molecule has 0 spiro atoms. The Balaban J connectivity index is 2.03. The lowest BCUT2D eigenvalue weighted by atomic mass is 10.1. The van der Waals surface area contributed by atoms with Crippen LogP contribution in [0.5, 0.6) is 0 Å². The quantitative estimate of drug-likeness (QED) is 0.810. The number of hydrogen-bond acceptors (Lipinski definition) is 2. The summed E-state index contributed by atoms with van der Waals surface area (Å²) < 4.78 is 51.0. The van der Waals surface area contributed by atoms with Crippen molar-refractivity contribution in [2.75, 3.05) is 6.54 Å². The van der Waals surface area contributed by atoms with Gasteiger partial charge in [0, 0.05) is 6.54 Å². The van der Waals surface area contributed by atoms with Crippen molar-refractivity contribution in [3.05, 3.63) is 70.0 Å². The van der Waals surface area contributed by atoms with Gasteiger partial charge < -0.3 is 10.4 Å². The number of aliphatic hydroxyl groups is 1. The monoisotopic (exact) mass is 361 g/mol. The number of alkyl halides is 3. The van der Waals surface area contributed by atoms with Gasteiger partial charge in [-0.3, -0.25) is 4.79 Å². The van der Waals surface area contributed by atoms with Crippen molar-refractivity contribution in [1.82, 2.24) is 5.32 Å². The van der Waals surface area contributed by atoms with Crippen LogP contribution in [0.3, 0.4) is 0 Å². The number of carbonyl (C=O) groups excluding carboxylic acids is 1. The van der Waals surface area contributed by atoms with E-state index in [-0.39, 0.29) is 22.7 Å². The highest BCUT2D eigenvalue weighted by atomic mass is 35.5. The average Bonchev–Trinajstić information content (AvgIpc) is 2.51. The van der Waals surface area contributed by atoms with Crippen LogP contribution in [0.1, 0.15) is 27.6 Å². The molecule has 1 amide bonds. The number of hydrogen-bond donors (Lipinski definition) is 2. The van der Waals surface area contributed by atoms with E-state index in [1.165, 1.54) is 12.1 Å². The summed E-state index contributed by atoms with van der Waals surface area (Å²) in [5.74, 6) is -1.65. The minimum Gasteiger partial charge on any atom is -0.387 e. The Labute approximate surface area is 139 Å². The van der Waals surface area contributed by atoms with E-state index in [2.05, 4.69) is 5.32 Å². The number of benzene rings is 2. The topological polar surface area (TPSA) is 49.3 Å². The van der Waals surface area contributed by atoms with E-state index >= 15 is 0 Å². The van der Waals surface area contributed by atoms with Crippen LogP contribution in [0, 0.1) is 5.82 Å². The molecule has 8 heteroatoms. The third kappa shape index (κ3) is 4.24. The average molecular weight is 362 g/mol. The van der Waals surface area contributed by atoms with Gasteiger partial charge in [-0.2, -0.15) is 13.2 Å². The molecule has 0 aromatic heterocycles. The van der Waals surface area contributed by atoms with Gasteiger partial charge >= 0.3 is 6.18 Å². The first-order valence-corrected chi connectivity index (χ1v) is 7.15. The summed E-state index contributed by atoms with van der Waals surface area (Å²) in [5.41, 5.74) is -1.03. The molecule has 0 unspecified atom stereocenters. The van der Waals surface area contributed by atoms with Gasteiger partial charge in [0.05, 0.1) is 22.3 Å². The van der Waals surface area contributed by atoms with E-state index in [0.717, 1.165) is 30.3 Å². The Bertz CT molecular complexity index is 712. The Morgan fingerprint density at radius 3 is 2.33 bits per heavy atom. The van der Waals surface area contributed by atoms with Crippen molar-refractivity contribution in [3.63, 3.8) is 0 Å². The lowest BCUT2D eigenvalue weighted by Gasteiger charge is -2.14. The van der Waals surface area contributed by atoms with E-state index in [1.807, 2.05) is 0 Å². The molecule has 0 aliphatic heterocycles. The maximum Gasteiger partial charge on any atom is 0.416 e.